The van der Waals surface area contributed by atoms with Gasteiger partial charge in [0.2, 0.25) is 0 Å². The van der Waals surface area contributed by atoms with Gasteiger partial charge in [-0.05, 0) is 55.5 Å². The van der Waals surface area contributed by atoms with Crippen LogP contribution in [0.2, 0.25) is 0 Å². The number of hydrogen-bond acceptors (Lipinski definition) is 5. The number of allylic oxidation sites excluding steroid dienone is 6. The third kappa shape index (κ3) is 2.84. The molecule has 23 heavy (non-hydrogen) atoms. The minimum Gasteiger partial charge on any atom is -0.284 e. The molecule has 0 unspecified atom stereocenters. The molecule has 3 rings (SSSR count). The summed E-state index contributed by atoms with van der Waals surface area (Å²) in [7, 11) is 0. The van der Waals surface area contributed by atoms with Crippen molar-refractivity contribution >= 4 is 22.6 Å². The van der Waals surface area contributed by atoms with E-state index in [4.69, 9.17) is 10.7 Å². The fourth-order valence-corrected chi connectivity index (χ4v) is 3.30. The number of aliphatic imine (C=N–C) groups is 1. The number of rotatable bonds is 1. The van der Waals surface area contributed by atoms with Gasteiger partial charge >= 0.3 is 0 Å². The van der Waals surface area contributed by atoms with E-state index in [9.17, 15) is 5.21 Å². The summed E-state index contributed by atoms with van der Waals surface area (Å²) < 4.78 is 0. The summed E-state index contributed by atoms with van der Waals surface area (Å²) in [5.74, 6) is 0. The second-order valence-electron chi connectivity index (χ2n) is 5.23. The average molecular weight is 322 g/mol. The highest BCUT2D eigenvalue weighted by molar-refractivity contribution is 8.18. The largest absolute Gasteiger partial charge is 0.284 e. The van der Waals surface area contributed by atoms with Crippen LogP contribution in [-0.2, 0) is 0 Å². The first-order chi connectivity index (χ1) is 11.0. The first-order valence-corrected chi connectivity index (χ1v) is 7.77. The smallest absolute Gasteiger partial charge is 0.185 e. The Morgan fingerprint density at radius 2 is 1.96 bits per heavy atom. The van der Waals surface area contributed by atoms with E-state index >= 15 is 0 Å². The molecule has 0 amide bonds. The van der Waals surface area contributed by atoms with Crippen LogP contribution in [0.4, 0.5) is 0 Å². The molecule has 0 aromatic heterocycles. The molecule has 114 valence electrons. The van der Waals surface area contributed by atoms with Crippen molar-refractivity contribution in [3.05, 3.63) is 69.4 Å². The Morgan fingerprint density at radius 3 is 2.61 bits per heavy atom. The van der Waals surface area contributed by atoms with Crippen LogP contribution in [0.3, 0.4) is 0 Å². The predicted octanol–water partition coefficient (Wildman–Crippen LogP) is 3.80. The number of nitriles is 1. The van der Waals surface area contributed by atoms with E-state index in [1.54, 1.807) is 12.1 Å². The maximum atomic E-state index is 9.87. The lowest BCUT2D eigenvalue weighted by atomic mass is 10.0. The number of hydroxylamine groups is 2. The van der Waals surface area contributed by atoms with Gasteiger partial charge in [0.1, 0.15) is 0 Å². The van der Waals surface area contributed by atoms with Crippen molar-refractivity contribution in [1.29, 1.82) is 10.7 Å². The van der Waals surface area contributed by atoms with Crippen molar-refractivity contribution in [2.75, 3.05) is 0 Å². The lowest BCUT2D eigenvalue weighted by Gasteiger charge is -2.23. The van der Waals surface area contributed by atoms with Crippen LogP contribution in [0.1, 0.15) is 25.0 Å². The van der Waals surface area contributed by atoms with Crippen LogP contribution < -0.4 is 0 Å². The van der Waals surface area contributed by atoms with Crippen LogP contribution in [0.15, 0.2) is 63.3 Å². The summed E-state index contributed by atoms with van der Waals surface area (Å²) in [6, 6.07) is 9.32. The van der Waals surface area contributed by atoms with Crippen molar-refractivity contribution in [2.45, 2.75) is 13.8 Å². The number of benzene rings is 1. The van der Waals surface area contributed by atoms with Gasteiger partial charge in [-0.3, -0.25) is 10.6 Å². The van der Waals surface area contributed by atoms with Crippen molar-refractivity contribution in [3.63, 3.8) is 0 Å². The quantitative estimate of drug-likeness (QED) is 0.824. The summed E-state index contributed by atoms with van der Waals surface area (Å²) in [6.45, 7) is 3.63. The highest BCUT2D eigenvalue weighted by atomic mass is 32.2. The topological polar surface area (TPSA) is 83.5 Å². The lowest BCUT2D eigenvalue weighted by molar-refractivity contribution is -0.0195. The van der Waals surface area contributed by atoms with E-state index in [0.29, 0.717) is 22.7 Å². The summed E-state index contributed by atoms with van der Waals surface area (Å²) in [4.78, 5) is 5.18. The van der Waals surface area contributed by atoms with Crippen molar-refractivity contribution in [1.82, 2.24) is 5.06 Å². The van der Waals surface area contributed by atoms with Gasteiger partial charge in [0.15, 0.2) is 5.17 Å². The average Bonchev–Trinajstić information content (AvgIpc) is 2.94. The van der Waals surface area contributed by atoms with Crippen LogP contribution in [0.25, 0.3) is 0 Å². The van der Waals surface area contributed by atoms with E-state index in [2.05, 4.69) is 11.1 Å². The van der Waals surface area contributed by atoms with Gasteiger partial charge in [0.25, 0.3) is 0 Å². The fraction of sp³-hybridized carbons (Fsp3) is 0.118. The van der Waals surface area contributed by atoms with Crippen LogP contribution in [-0.4, -0.2) is 21.1 Å². The molecular weight excluding hydrogens is 308 g/mol. The molecule has 0 atom stereocenters. The first kappa shape index (κ1) is 15.3. The summed E-state index contributed by atoms with van der Waals surface area (Å²) in [5, 5.41) is 28.2. The molecule has 0 bridgehead atoms. The van der Waals surface area contributed by atoms with E-state index in [1.807, 2.05) is 38.1 Å². The third-order valence-electron chi connectivity index (χ3n) is 3.55. The van der Waals surface area contributed by atoms with E-state index in [-0.39, 0.29) is 5.17 Å². The monoisotopic (exact) mass is 322 g/mol. The first-order valence-electron chi connectivity index (χ1n) is 6.95. The van der Waals surface area contributed by atoms with Gasteiger partial charge in [-0.2, -0.15) is 5.26 Å². The molecule has 2 N–H and O–H groups in total. The second kappa shape index (κ2) is 5.88. The molecule has 0 aliphatic carbocycles. The summed E-state index contributed by atoms with van der Waals surface area (Å²) in [6.07, 6.45) is 3.72. The number of amidine groups is 1. The van der Waals surface area contributed by atoms with Gasteiger partial charge in [-0.1, -0.05) is 12.1 Å². The molecule has 0 radical (unpaired) electrons. The van der Waals surface area contributed by atoms with Gasteiger partial charge in [0.05, 0.1) is 17.3 Å². The Balaban J connectivity index is 2.13. The van der Waals surface area contributed by atoms with Gasteiger partial charge in [-0.15, -0.1) is 0 Å². The zero-order valence-corrected chi connectivity index (χ0v) is 13.5. The Hall–Kier alpha value is -2.62. The highest BCUT2D eigenvalue weighted by Crippen LogP contribution is 2.36. The zero-order chi connectivity index (χ0) is 16.6. The molecule has 0 saturated heterocycles. The third-order valence-corrected chi connectivity index (χ3v) is 4.47. The van der Waals surface area contributed by atoms with Crippen LogP contribution in [0.5, 0.6) is 0 Å². The van der Waals surface area contributed by atoms with Crippen molar-refractivity contribution < 1.29 is 5.21 Å². The lowest BCUT2D eigenvalue weighted by Crippen LogP contribution is -2.18. The van der Waals surface area contributed by atoms with E-state index < -0.39 is 0 Å². The minimum atomic E-state index is 0.216. The molecule has 1 aromatic rings. The molecular formula is C17H14N4OS. The number of hydrogen-bond donors (Lipinski definition) is 2. The summed E-state index contributed by atoms with van der Waals surface area (Å²) in [5.41, 5.74) is 4.37. The molecule has 5 nitrogen and oxygen atoms in total. The van der Waals surface area contributed by atoms with Gasteiger partial charge < -0.3 is 0 Å². The molecule has 0 saturated carbocycles. The predicted molar refractivity (Wildman–Crippen MR) is 91.2 cm³/mol. The highest BCUT2D eigenvalue weighted by Gasteiger charge is 2.25. The zero-order valence-electron chi connectivity index (χ0n) is 12.7. The maximum Gasteiger partial charge on any atom is 0.185 e. The fourth-order valence-electron chi connectivity index (χ4n) is 2.47. The van der Waals surface area contributed by atoms with Crippen molar-refractivity contribution in [3.8, 4) is 6.07 Å². The van der Waals surface area contributed by atoms with Gasteiger partial charge in [-0.25, -0.2) is 10.1 Å². The Labute approximate surface area is 138 Å². The Morgan fingerprint density at radius 1 is 1.26 bits per heavy atom. The molecule has 0 spiro atoms. The summed E-state index contributed by atoms with van der Waals surface area (Å²) >= 11 is 1.28. The SMILES string of the molecule is CC1=CC(=C2SC(=N)N=C2c2cccc(C#N)c2)C=C(C)N1O. The van der Waals surface area contributed by atoms with E-state index in [1.165, 1.54) is 11.8 Å². The molecule has 2 aliphatic heterocycles. The van der Waals surface area contributed by atoms with E-state index in [0.717, 1.165) is 21.1 Å². The molecule has 6 heteroatoms. The Kier molecular flexibility index (Phi) is 3.90. The maximum absolute atomic E-state index is 9.87. The Bertz CT molecular complexity index is 849. The molecule has 2 aliphatic rings. The number of nitrogens with zero attached hydrogens (tertiary/aromatic N) is 3. The number of thioether (sulfide) groups is 1. The minimum absolute atomic E-state index is 0.216. The standard InChI is InChI=1S/C17H14N4OS/c1-10-6-14(7-11(2)21(10)22)16-15(20-17(19)23-16)13-5-3-4-12(8-13)9-18/h3-8,19,22H,1-2H3. The molecule has 0 fully saturated rings. The van der Waals surface area contributed by atoms with Crippen LogP contribution >= 0.6 is 11.8 Å². The van der Waals surface area contributed by atoms with Crippen LogP contribution in [0, 0.1) is 16.7 Å². The molecule has 2 heterocycles. The van der Waals surface area contributed by atoms with Gasteiger partial charge in [0, 0.05) is 21.9 Å². The van der Waals surface area contributed by atoms with Crippen molar-refractivity contribution in [2.24, 2.45) is 4.99 Å². The second-order valence-corrected chi connectivity index (χ2v) is 6.23. The molecule has 1 aromatic carbocycles. The number of nitrogens with one attached hydrogen (secondary N) is 1. The normalized spacial score (nSPS) is 17.7.